The average molecular weight is 500 g/mol. The van der Waals surface area contributed by atoms with E-state index in [0.29, 0.717) is 42.5 Å². The van der Waals surface area contributed by atoms with Gasteiger partial charge < -0.3 is 20.0 Å². The molecule has 0 saturated carbocycles. The normalized spacial score (nSPS) is 13.7. The number of pyridine rings is 1. The lowest BCUT2D eigenvalue weighted by Crippen LogP contribution is -2.48. The fraction of sp³-hybridized carbons (Fsp3) is 0.172. The number of halogens is 1. The predicted octanol–water partition coefficient (Wildman–Crippen LogP) is 5.29. The van der Waals surface area contributed by atoms with E-state index < -0.39 is 0 Å². The van der Waals surface area contributed by atoms with Crippen LogP contribution in [-0.4, -0.2) is 52.2 Å². The number of aromatic nitrogens is 1. The van der Waals surface area contributed by atoms with Crippen LogP contribution in [0.5, 0.6) is 11.5 Å². The van der Waals surface area contributed by atoms with Crippen molar-refractivity contribution in [1.29, 1.82) is 0 Å². The Labute approximate surface area is 215 Å². The van der Waals surface area contributed by atoms with Crippen LogP contribution in [0, 0.1) is 0 Å². The smallest absolute Gasteiger partial charge is 0.254 e. The third-order valence-electron chi connectivity index (χ3n) is 6.54. The number of amides is 1. The van der Waals surface area contributed by atoms with E-state index in [0.717, 1.165) is 16.8 Å². The second kappa shape index (κ2) is 10.3. The van der Waals surface area contributed by atoms with Gasteiger partial charge in [-0.15, -0.1) is 0 Å². The molecule has 0 radical (unpaired) electrons. The molecule has 1 aliphatic heterocycles. The van der Waals surface area contributed by atoms with Crippen molar-refractivity contribution in [3.63, 3.8) is 0 Å². The van der Waals surface area contributed by atoms with Gasteiger partial charge in [0.15, 0.2) is 0 Å². The van der Waals surface area contributed by atoms with E-state index in [-0.39, 0.29) is 23.3 Å². The van der Waals surface area contributed by atoms with E-state index >= 15 is 0 Å². The first-order valence-corrected chi connectivity index (χ1v) is 12.2. The summed E-state index contributed by atoms with van der Waals surface area (Å²) < 4.78 is 0. The molecule has 0 atom stereocenters. The molecular weight excluding hydrogens is 474 g/mol. The number of para-hydroxylation sites is 1. The maximum absolute atomic E-state index is 13.4. The summed E-state index contributed by atoms with van der Waals surface area (Å²) in [6, 6.07) is 25.3. The Balaban J connectivity index is 1.39. The quantitative estimate of drug-likeness (QED) is 0.390. The van der Waals surface area contributed by atoms with Crippen LogP contribution in [0.25, 0.3) is 0 Å². The van der Waals surface area contributed by atoms with Crippen molar-refractivity contribution in [2.75, 3.05) is 31.1 Å². The Morgan fingerprint density at radius 1 is 0.806 bits per heavy atom. The molecule has 2 N–H and O–H groups in total. The number of phenolic OH excluding ortho intramolecular Hbond substituents is 2. The molecule has 0 spiro atoms. The molecule has 7 heteroatoms. The van der Waals surface area contributed by atoms with Gasteiger partial charge in [-0.05, 0) is 59.7 Å². The lowest BCUT2D eigenvalue weighted by molar-refractivity contribution is 0.0746. The van der Waals surface area contributed by atoms with E-state index in [1.165, 1.54) is 0 Å². The number of hydrogen-bond donors (Lipinski definition) is 2. The fourth-order valence-corrected chi connectivity index (χ4v) is 4.90. The van der Waals surface area contributed by atoms with Gasteiger partial charge in [0.05, 0.1) is 22.3 Å². The summed E-state index contributed by atoms with van der Waals surface area (Å²) in [4.78, 5) is 22.1. The van der Waals surface area contributed by atoms with Gasteiger partial charge in [0.2, 0.25) is 0 Å². The van der Waals surface area contributed by atoms with Crippen LogP contribution >= 0.6 is 11.6 Å². The Morgan fingerprint density at radius 3 is 1.97 bits per heavy atom. The summed E-state index contributed by atoms with van der Waals surface area (Å²) in [7, 11) is 0. The van der Waals surface area contributed by atoms with Crippen LogP contribution < -0.4 is 4.90 Å². The van der Waals surface area contributed by atoms with Crippen molar-refractivity contribution in [3.8, 4) is 11.5 Å². The maximum Gasteiger partial charge on any atom is 0.254 e. The summed E-state index contributed by atoms with van der Waals surface area (Å²) in [6.07, 6.45) is 1.66. The summed E-state index contributed by atoms with van der Waals surface area (Å²) in [5.41, 5.74) is 4.12. The summed E-state index contributed by atoms with van der Waals surface area (Å²) in [6.45, 7) is 2.61. The molecule has 6 nitrogen and oxygen atoms in total. The van der Waals surface area contributed by atoms with Gasteiger partial charge in [-0.25, -0.2) is 0 Å². The summed E-state index contributed by atoms with van der Waals surface area (Å²) in [5, 5.41) is 20.3. The SMILES string of the molecule is O=C(c1ccnc(C(c2ccc(O)cc2)c2ccc(O)cc2)c1)N1CCN(c2ccccc2Cl)CC1. The van der Waals surface area contributed by atoms with Crippen molar-refractivity contribution < 1.29 is 15.0 Å². The number of anilines is 1. The summed E-state index contributed by atoms with van der Waals surface area (Å²) >= 11 is 6.36. The monoisotopic (exact) mass is 499 g/mol. The van der Waals surface area contributed by atoms with E-state index in [1.807, 2.05) is 59.5 Å². The van der Waals surface area contributed by atoms with Crippen molar-refractivity contribution in [1.82, 2.24) is 9.88 Å². The number of rotatable bonds is 5. The van der Waals surface area contributed by atoms with E-state index in [2.05, 4.69) is 9.88 Å². The minimum absolute atomic E-state index is 0.0346. The number of hydrogen-bond acceptors (Lipinski definition) is 5. The molecular formula is C29H26ClN3O3. The van der Waals surface area contributed by atoms with Crippen molar-refractivity contribution in [2.24, 2.45) is 0 Å². The molecule has 36 heavy (non-hydrogen) atoms. The minimum Gasteiger partial charge on any atom is -0.508 e. The van der Waals surface area contributed by atoms with Gasteiger partial charge >= 0.3 is 0 Å². The number of carbonyl (C=O) groups excluding carboxylic acids is 1. The van der Waals surface area contributed by atoms with Crippen LogP contribution in [0.1, 0.15) is 33.1 Å². The van der Waals surface area contributed by atoms with Crippen LogP contribution in [0.15, 0.2) is 91.1 Å². The topological polar surface area (TPSA) is 76.9 Å². The molecule has 1 aromatic heterocycles. The number of benzene rings is 3. The van der Waals surface area contributed by atoms with E-state index in [9.17, 15) is 15.0 Å². The summed E-state index contributed by atoms with van der Waals surface area (Å²) in [5.74, 6) is 0.0516. The molecule has 5 rings (SSSR count). The Hall–Kier alpha value is -4.03. The molecule has 0 unspecified atom stereocenters. The minimum atomic E-state index is -0.268. The van der Waals surface area contributed by atoms with Crippen molar-refractivity contribution >= 4 is 23.2 Å². The highest BCUT2D eigenvalue weighted by atomic mass is 35.5. The zero-order valence-electron chi connectivity index (χ0n) is 19.6. The number of carbonyl (C=O) groups is 1. The molecule has 0 aliphatic carbocycles. The maximum atomic E-state index is 13.4. The van der Waals surface area contributed by atoms with Crippen molar-refractivity contribution in [3.05, 3.63) is 119 Å². The Kier molecular flexibility index (Phi) is 6.78. The third-order valence-corrected chi connectivity index (χ3v) is 6.86. The fourth-order valence-electron chi connectivity index (χ4n) is 4.65. The zero-order chi connectivity index (χ0) is 25.1. The largest absolute Gasteiger partial charge is 0.508 e. The van der Waals surface area contributed by atoms with Crippen molar-refractivity contribution in [2.45, 2.75) is 5.92 Å². The van der Waals surface area contributed by atoms with Gasteiger partial charge in [-0.2, -0.15) is 0 Å². The Bertz CT molecular complexity index is 1310. The molecule has 1 saturated heterocycles. The second-order valence-corrected chi connectivity index (χ2v) is 9.22. The molecule has 4 aromatic rings. The van der Waals surface area contributed by atoms with E-state index in [1.54, 1.807) is 36.5 Å². The number of phenols is 2. The molecule has 3 aromatic carbocycles. The van der Waals surface area contributed by atoms with Crippen LogP contribution in [0.3, 0.4) is 0 Å². The molecule has 1 fully saturated rings. The van der Waals surface area contributed by atoms with Gasteiger partial charge in [0.25, 0.3) is 5.91 Å². The molecule has 1 amide bonds. The highest BCUT2D eigenvalue weighted by Gasteiger charge is 2.25. The van der Waals surface area contributed by atoms with Gasteiger partial charge in [0, 0.05) is 37.9 Å². The number of nitrogens with zero attached hydrogens (tertiary/aromatic N) is 3. The van der Waals surface area contributed by atoms with Crippen LogP contribution in [0.2, 0.25) is 5.02 Å². The zero-order valence-corrected chi connectivity index (χ0v) is 20.3. The predicted molar refractivity (Wildman–Crippen MR) is 141 cm³/mol. The standard InChI is InChI=1S/C29H26ClN3O3/c30-25-3-1-2-4-27(25)32-15-17-33(18-16-32)29(36)22-13-14-31-26(19-22)28(20-5-9-23(34)10-6-20)21-7-11-24(35)12-8-21/h1-14,19,28,34-35H,15-18H2. The third kappa shape index (κ3) is 4.99. The molecule has 1 aliphatic rings. The van der Waals surface area contributed by atoms with Gasteiger partial charge in [-0.1, -0.05) is 48.0 Å². The first-order valence-electron chi connectivity index (χ1n) is 11.8. The Morgan fingerprint density at radius 2 is 1.39 bits per heavy atom. The number of aromatic hydroxyl groups is 2. The van der Waals surface area contributed by atoms with Crippen LogP contribution in [-0.2, 0) is 0 Å². The molecule has 2 heterocycles. The van der Waals surface area contributed by atoms with Gasteiger partial charge in [-0.3, -0.25) is 9.78 Å². The highest BCUT2D eigenvalue weighted by molar-refractivity contribution is 6.33. The first kappa shape index (κ1) is 23.7. The van der Waals surface area contributed by atoms with Gasteiger partial charge in [0.1, 0.15) is 11.5 Å². The second-order valence-electron chi connectivity index (χ2n) is 8.82. The first-order chi connectivity index (χ1) is 17.5. The highest BCUT2D eigenvalue weighted by Crippen LogP contribution is 2.33. The average Bonchev–Trinajstić information content (AvgIpc) is 2.91. The lowest BCUT2D eigenvalue weighted by Gasteiger charge is -2.36. The molecule has 0 bridgehead atoms. The lowest BCUT2D eigenvalue weighted by atomic mass is 9.87. The van der Waals surface area contributed by atoms with E-state index in [4.69, 9.17) is 11.6 Å². The van der Waals surface area contributed by atoms with Crippen LogP contribution in [0.4, 0.5) is 5.69 Å². The number of piperazine rings is 1. The molecule has 182 valence electrons.